The highest BCUT2D eigenvalue weighted by molar-refractivity contribution is 5.92. The van der Waals surface area contributed by atoms with Crippen LogP contribution in [0.15, 0.2) is 48.6 Å². The topological polar surface area (TPSA) is 54.0 Å². The standard InChI is InChI=1S/C21H19F3O5/c1-11-17(12-5-7-14(8-6-12)21(22,23)24)18(29-20(11)25)13-9-15(26-2)19(28-4)16(10-13)27-3/h5-10,17-18H,1H2,2-4H3/t17-,18+/m0/s1. The summed E-state index contributed by atoms with van der Waals surface area (Å²) in [6.45, 7) is 3.77. The quantitative estimate of drug-likeness (QED) is 0.532. The van der Waals surface area contributed by atoms with Crippen molar-refractivity contribution < 1.29 is 36.9 Å². The SMILES string of the molecule is C=C1C(=O)O[C@H](c2cc(OC)c(OC)c(OC)c2)[C@@H]1c1ccc(C(F)(F)F)cc1. The molecule has 1 fully saturated rings. The van der Waals surface area contributed by atoms with E-state index in [0.717, 1.165) is 12.1 Å². The molecule has 0 saturated carbocycles. The van der Waals surface area contributed by atoms with Gasteiger partial charge in [0.25, 0.3) is 0 Å². The molecular weight excluding hydrogens is 389 g/mol. The van der Waals surface area contributed by atoms with Crippen LogP contribution in [-0.2, 0) is 15.7 Å². The van der Waals surface area contributed by atoms with Crippen molar-refractivity contribution in [1.82, 2.24) is 0 Å². The van der Waals surface area contributed by atoms with Gasteiger partial charge in [0.2, 0.25) is 5.75 Å². The lowest BCUT2D eigenvalue weighted by Crippen LogP contribution is -2.10. The number of cyclic esters (lactones) is 1. The molecule has 154 valence electrons. The number of methoxy groups -OCH3 is 3. The largest absolute Gasteiger partial charge is 0.493 e. The first kappa shape index (κ1) is 20.6. The maximum absolute atomic E-state index is 12.9. The van der Waals surface area contributed by atoms with Crippen LogP contribution in [0.4, 0.5) is 13.2 Å². The van der Waals surface area contributed by atoms with E-state index in [4.69, 9.17) is 18.9 Å². The lowest BCUT2D eigenvalue weighted by atomic mass is 9.85. The van der Waals surface area contributed by atoms with Gasteiger partial charge in [-0.2, -0.15) is 13.2 Å². The molecule has 0 spiro atoms. The fourth-order valence-electron chi connectivity index (χ4n) is 3.35. The Balaban J connectivity index is 2.06. The number of halogens is 3. The number of benzene rings is 2. The molecule has 0 amide bonds. The van der Waals surface area contributed by atoms with Crippen molar-refractivity contribution in [2.45, 2.75) is 18.2 Å². The van der Waals surface area contributed by atoms with Crippen LogP contribution < -0.4 is 14.2 Å². The lowest BCUT2D eigenvalue weighted by Gasteiger charge is -2.21. The Morgan fingerprint density at radius 1 is 0.931 bits per heavy atom. The molecule has 1 aliphatic rings. The molecule has 0 N–H and O–H groups in total. The second-order valence-electron chi connectivity index (χ2n) is 6.41. The minimum atomic E-state index is -4.45. The molecule has 5 nitrogen and oxygen atoms in total. The van der Waals surface area contributed by atoms with Crippen LogP contribution in [0, 0.1) is 0 Å². The number of rotatable bonds is 5. The lowest BCUT2D eigenvalue weighted by molar-refractivity contribution is -0.139. The normalized spacial score (nSPS) is 19.1. The molecule has 0 radical (unpaired) electrons. The summed E-state index contributed by atoms with van der Waals surface area (Å²) in [7, 11) is 4.37. The maximum Gasteiger partial charge on any atom is 0.416 e. The van der Waals surface area contributed by atoms with Crippen molar-refractivity contribution >= 4 is 5.97 Å². The highest BCUT2D eigenvalue weighted by atomic mass is 19.4. The van der Waals surface area contributed by atoms with Crippen LogP contribution in [0.2, 0.25) is 0 Å². The third kappa shape index (κ3) is 3.74. The molecule has 1 saturated heterocycles. The molecule has 2 aromatic carbocycles. The Hall–Kier alpha value is -3.16. The summed E-state index contributed by atoms with van der Waals surface area (Å²) < 4.78 is 60.1. The number of carbonyl (C=O) groups excluding carboxylic acids is 1. The minimum Gasteiger partial charge on any atom is -0.493 e. The van der Waals surface area contributed by atoms with Crippen molar-refractivity contribution in [2.24, 2.45) is 0 Å². The minimum absolute atomic E-state index is 0.156. The molecule has 1 aliphatic heterocycles. The molecule has 0 aromatic heterocycles. The first-order valence-electron chi connectivity index (χ1n) is 8.58. The summed E-state index contributed by atoms with van der Waals surface area (Å²) in [5, 5.41) is 0. The molecule has 29 heavy (non-hydrogen) atoms. The third-order valence-corrected chi connectivity index (χ3v) is 4.79. The van der Waals surface area contributed by atoms with E-state index in [0.29, 0.717) is 28.4 Å². The van der Waals surface area contributed by atoms with Crippen molar-refractivity contribution in [3.8, 4) is 17.2 Å². The van der Waals surface area contributed by atoms with Gasteiger partial charge in [-0.15, -0.1) is 0 Å². The fraction of sp³-hybridized carbons (Fsp3) is 0.286. The monoisotopic (exact) mass is 408 g/mol. The summed E-state index contributed by atoms with van der Waals surface area (Å²) in [5.41, 5.74) is 0.397. The van der Waals surface area contributed by atoms with Crippen LogP contribution in [0.5, 0.6) is 17.2 Å². The molecule has 2 aromatic rings. The molecule has 3 rings (SSSR count). The van der Waals surface area contributed by atoms with E-state index >= 15 is 0 Å². The predicted molar refractivity (Wildman–Crippen MR) is 98.3 cm³/mol. The summed E-state index contributed by atoms with van der Waals surface area (Å²) in [4.78, 5) is 12.2. The zero-order valence-electron chi connectivity index (χ0n) is 16.0. The summed E-state index contributed by atoms with van der Waals surface area (Å²) in [6.07, 6.45) is -5.26. The summed E-state index contributed by atoms with van der Waals surface area (Å²) in [5.74, 6) is -0.183. The predicted octanol–water partition coefficient (Wildman–Crippen LogP) is 4.67. The summed E-state index contributed by atoms with van der Waals surface area (Å²) in [6, 6.07) is 7.86. The van der Waals surface area contributed by atoms with E-state index in [1.807, 2.05) is 0 Å². The molecule has 8 heteroatoms. The molecule has 1 heterocycles. The Kier molecular flexibility index (Phi) is 5.46. The van der Waals surface area contributed by atoms with Crippen molar-refractivity contribution in [1.29, 1.82) is 0 Å². The van der Waals surface area contributed by atoms with E-state index in [1.165, 1.54) is 33.5 Å². The first-order valence-corrected chi connectivity index (χ1v) is 8.58. The van der Waals surface area contributed by atoms with E-state index < -0.39 is 29.7 Å². The number of alkyl halides is 3. The summed E-state index contributed by atoms with van der Waals surface area (Å²) >= 11 is 0. The molecule has 0 aliphatic carbocycles. The van der Waals surface area contributed by atoms with Crippen molar-refractivity contribution in [3.05, 3.63) is 65.2 Å². The zero-order chi connectivity index (χ0) is 21.3. The molecule has 0 bridgehead atoms. The van der Waals surface area contributed by atoms with Gasteiger partial charge in [0.15, 0.2) is 11.5 Å². The van der Waals surface area contributed by atoms with Crippen molar-refractivity contribution in [2.75, 3.05) is 21.3 Å². The van der Waals surface area contributed by atoms with Gasteiger partial charge in [-0.25, -0.2) is 4.79 Å². The first-order chi connectivity index (χ1) is 13.7. The van der Waals surface area contributed by atoms with Crippen LogP contribution in [0.25, 0.3) is 0 Å². The van der Waals surface area contributed by atoms with Crippen LogP contribution in [-0.4, -0.2) is 27.3 Å². The van der Waals surface area contributed by atoms with Gasteiger partial charge >= 0.3 is 12.1 Å². The maximum atomic E-state index is 12.9. The van der Waals surface area contributed by atoms with Gasteiger partial charge < -0.3 is 18.9 Å². The Labute approximate surface area is 165 Å². The Morgan fingerprint density at radius 2 is 1.48 bits per heavy atom. The average Bonchev–Trinajstić information content (AvgIpc) is 3.00. The zero-order valence-corrected chi connectivity index (χ0v) is 16.0. The molecule has 0 unspecified atom stereocenters. The van der Waals surface area contributed by atoms with Gasteiger partial charge in [-0.1, -0.05) is 18.7 Å². The Bertz CT molecular complexity index is 909. The molecule has 2 atom stereocenters. The van der Waals surface area contributed by atoms with Gasteiger partial charge in [0.05, 0.1) is 32.8 Å². The van der Waals surface area contributed by atoms with Crippen LogP contribution in [0.3, 0.4) is 0 Å². The number of ether oxygens (including phenoxy) is 4. The van der Waals surface area contributed by atoms with Gasteiger partial charge in [-0.3, -0.25) is 0 Å². The van der Waals surface area contributed by atoms with Gasteiger partial charge in [-0.05, 0) is 29.8 Å². The highest BCUT2D eigenvalue weighted by Gasteiger charge is 2.42. The smallest absolute Gasteiger partial charge is 0.416 e. The van der Waals surface area contributed by atoms with Crippen LogP contribution >= 0.6 is 0 Å². The molecular formula is C21H19F3O5. The third-order valence-electron chi connectivity index (χ3n) is 4.79. The van der Waals surface area contributed by atoms with Gasteiger partial charge in [0.1, 0.15) is 6.10 Å². The van der Waals surface area contributed by atoms with Crippen LogP contribution in [0.1, 0.15) is 28.7 Å². The van der Waals surface area contributed by atoms with Gasteiger partial charge in [0, 0.05) is 11.1 Å². The average molecular weight is 408 g/mol. The van der Waals surface area contributed by atoms with E-state index in [1.54, 1.807) is 12.1 Å². The van der Waals surface area contributed by atoms with E-state index in [2.05, 4.69) is 6.58 Å². The number of esters is 1. The van der Waals surface area contributed by atoms with Crippen molar-refractivity contribution in [3.63, 3.8) is 0 Å². The number of hydrogen-bond acceptors (Lipinski definition) is 5. The van der Waals surface area contributed by atoms with E-state index in [9.17, 15) is 18.0 Å². The van der Waals surface area contributed by atoms with E-state index in [-0.39, 0.29) is 5.57 Å². The second-order valence-corrected chi connectivity index (χ2v) is 6.41. The second kappa shape index (κ2) is 7.69. The highest BCUT2D eigenvalue weighted by Crippen LogP contribution is 2.49. The number of hydrogen-bond donors (Lipinski definition) is 0. The fourth-order valence-corrected chi connectivity index (χ4v) is 3.35. The Morgan fingerprint density at radius 3 is 1.93 bits per heavy atom. The number of carbonyl (C=O) groups is 1.